The summed E-state index contributed by atoms with van der Waals surface area (Å²) in [6.45, 7) is 2.79. The zero-order valence-electron chi connectivity index (χ0n) is 16.1. The van der Waals surface area contributed by atoms with E-state index in [0.717, 1.165) is 22.4 Å². The van der Waals surface area contributed by atoms with Gasteiger partial charge in [0.2, 0.25) is 0 Å². The molecular formula is C22H21ClN2O4. The molecule has 3 rings (SSSR count). The monoisotopic (exact) mass is 412 g/mol. The minimum absolute atomic E-state index is 0.246. The molecule has 2 aromatic carbocycles. The number of nitrogens with zero attached hydrogens (tertiary/aromatic N) is 1. The number of rotatable bonds is 8. The predicted molar refractivity (Wildman–Crippen MR) is 112 cm³/mol. The van der Waals surface area contributed by atoms with Crippen LogP contribution in [0.25, 0.3) is 0 Å². The van der Waals surface area contributed by atoms with Crippen molar-refractivity contribution in [2.75, 3.05) is 12.4 Å². The molecule has 0 fully saturated rings. The number of methoxy groups -OCH3 is 1. The van der Waals surface area contributed by atoms with Crippen LogP contribution in [0.1, 0.15) is 27.0 Å². The smallest absolute Gasteiger partial charge is 0.335 e. The first-order valence-corrected chi connectivity index (χ1v) is 9.32. The molecule has 0 amide bonds. The van der Waals surface area contributed by atoms with Gasteiger partial charge in [-0.3, -0.25) is 0 Å². The Morgan fingerprint density at radius 1 is 1.10 bits per heavy atom. The second-order valence-corrected chi connectivity index (χ2v) is 6.84. The molecule has 0 aliphatic heterocycles. The van der Waals surface area contributed by atoms with Gasteiger partial charge >= 0.3 is 5.97 Å². The largest absolute Gasteiger partial charge is 0.493 e. The van der Waals surface area contributed by atoms with E-state index in [1.165, 1.54) is 0 Å². The Hall–Kier alpha value is -3.25. The SMILES string of the molecule is COc1cc(CNc2cc(C(=O)O)ccc2C)ccc1OCc1ccc(Cl)nc1. The normalized spacial score (nSPS) is 10.4. The van der Waals surface area contributed by atoms with Crippen LogP contribution in [-0.4, -0.2) is 23.2 Å². The number of halogens is 1. The van der Waals surface area contributed by atoms with Gasteiger partial charge in [-0.15, -0.1) is 0 Å². The second kappa shape index (κ2) is 9.30. The fraction of sp³-hybridized carbons (Fsp3) is 0.182. The third-order valence-corrected chi connectivity index (χ3v) is 4.60. The van der Waals surface area contributed by atoms with Crippen LogP contribution < -0.4 is 14.8 Å². The molecule has 0 aliphatic carbocycles. The molecule has 0 aliphatic rings. The highest BCUT2D eigenvalue weighted by molar-refractivity contribution is 6.29. The fourth-order valence-corrected chi connectivity index (χ4v) is 2.85. The summed E-state index contributed by atoms with van der Waals surface area (Å²) in [5, 5.41) is 12.9. The van der Waals surface area contributed by atoms with Gasteiger partial charge in [0.25, 0.3) is 0 Å². The Morgan fingerprint density at radius 2 is 1.90 bits per heavy atom. The molecule has 6 nitrogen and oxygen atoms in total. The summed E-state index contributed by atoms with van der Waals surface area (Å²) in [6.07, 6.45) is 1.67. The maximum absolute atomic E-state index is 11.2. The number of benzene rings is 2. The lowest BCUT2D eigenvalue weighted by atomic mass is 10.1. The number of hydrogen-bond acceptors (Lipinski definition) is 5. The molecule has 0 atom stereocenters. The van der Waals surface area contributed by atoms with Gasteiger partial charge < -0.3 is 19.9 Å². The number of aryl methyl sites for hydroxylation is 1. The van der Waals surface area contributed by atoms with Crippen LogP contribution in [0.2, 0.25) is 5.15 Å². The molecule has 7 heteroatoms. The van der Waals surface area contributed by atoms with Gasteiger partial charge in [0.15, 0.2) is 11.5 Å². The molecule has 0 radical (unpaired) electrons. The Kier molecular flexibility index (Phi) is 6.57. The lowest BCUT2D eigenvalue weighted by molar-refractivity contribution is 0.0697. The summed E-state index contributed by atoms with van der Waals surface area (Å²) in [5.41, 5.74) is 3.87. The van der Waals surface area contributed by atoms with Crippen molar-refractivity contribution in [3.8, 4) is 11.5 Å². The number of anilines is 1. The highest BCUT2D eigenvalue weighted by Gasteiger charge is 2.09. The van der Waals surface area contributed by atoms with Gasteiger partial charge in [-0.1, -0.05) is 29.8 Å². The van der Waals surface area contributed by atoms with Crippen LogP contribution in [0.5, 0.6) is 11.5 Å². The minimum Gasteiger partial charge on any atom is -0.493 e. The lowest BCUT2D eigenvalue weighted by Gasteiger charge is -2.14. The number of hydrogen-bond donors (Lipinski definition) is 2. The van der Waals surface area contributed by atoms with E-state index in [0.29, 0.717) is 29.8 Å². The highest BCUT2D eigenvalue weighted by atomic mass is 35.5. The summed E-state index contributed by atoms with van der Waals surface area (Å²) in [6, 6.07) is 14.2. The first kappa shape index (κ1) is 20.5. The molecule has 3 aromatic rings. The predicted octanol–water partition coefficient (Wildman–Crippen LogP) is 4.94. The van der Waals surface area contributed by atoms with Crippen LogP contribution in [0.15, 0.2) is 54.7 Å². The van der Waals surface area contributed by atoms with Crippen LogP contribution in [0.3, 0.4) is 0 Å². The van der Waals surface area contributed by atoms with Gasteiger partial charge in [0, 0.05) is 24.0 Å². The summed E-state index contributed by atoms with van der Waals surface area (Å²) in [7, 11) is 1.59. The van der Waals surface area contributed by atoms with Crippen molar-refractivity contribution < 1.29 is 19.4 Å². The van der Waals surface area contributed by atoms with Crippen molar-refractivity contribution in [2.24, 2.45) is 0 Å². The van der Waals surface area contributed by atoms with Crippen LogP contribution in [0.4, 0.5) is 5.69 Å². The Morgan fingerprint density at radius 3 is 2.59 bits per heavy atom. The van der Waals surface area contributed by atoms with Crippen LogP contribution in [0, 0.1) is 6.92 Å². The third kappa shape index (κ3) is 5.39. The Labute approximate surface area is 174 Å². The lowest BCUT2D eigenvalue weighted by Crippen LogP contribution is -2.04. The zero-order valence-corrected chi connectivity index (χ0v) is 16.9. The number of ether oxygens (including phenoxy) is 2. The number of aromatic carboxylic acids is 1. The van der Waals surface area contributed by atoms with Crippen molar-refractivity contribution in [3.63, 3.8) is 0 Å². The molecule has 2 N–H and O–H groups in total. The second-order valence-electron chi connectivity index (χ2n) is 6.45. The van der Waals surface area contributed by atoms with E-state index in [1.807, 2.05) is 31.2 Å². The van der Waals surface area contributed by atoms with Gasteiger partial charge in [-0.25, -0.2) is 9.78 Å². The average Bonchev–Trinajstić information content (AvgIpc) is 2.72. The van der Waals surface area contributed by atoms with E-state index in [1.54, 1.807) is 37.6 Å². The molecular weight excluding hydrogens is 392 g/mol. The van der Waals surface area contributed by atoms with E-state index in [9.17, 15) is 4.79 Å². The van der Waals surface area contributed by atoms with Crippen molar-refractivity contribution >= 4 is 23.3 Å². The van der Waals surface area contributed by atoms with Gasteiger partial charge in [0.05, 0.1) is 12.7 Å². The molecule has 0 spiro atoms. The molecule has 0 saturated carbocycles. The molecule has 29 heavy (non-hydrogen) atoms. The van der Waals surface area contributed by atoms with Crippen molar-refractivity contribution in [1.82, 2.24) is 4.98 Å². The minimum atomic E-state index is -0.952. The van der Waals surface area contributed by atoms with Crippen LogP contribution >= 0.6 is 11.6 Å². The summed E-state index contributed by atoms with van der Waals surface area (Å²) in [4.78, 5) is 15.2. The van der Waals surface area contributed by atoms with E-state index >= 15 is 0 Å². The van der Waals surface area contributed by atoms with E-state index in [2.05, 4.69) is 10.3 Å². The van der Waals surface area contributed by atoms with E-state index in [4.69, 9.17) is 26.2 Å². The third-order valence-electron chi connectivity index (χ3n) is 4.38. The molecule has 1 heterocycles. The fourth-order valence-electron chi connectivity index (χ4n) is 2.74. The number of carbonyl (C=O) groups is 1. The molecule has 0 saturated heterocycles. The van der Waals surface area contributed by atoms with Gasteiger partial charge in [0.1, 0.15) is 11.8 Å². The maximum Gasteiger partial charge on any atom is 0.335 e. The molecule has 0 bridgehead atoms. The number of carboxylic acid groups (broad SMARTS) is 1. The van der Waals surface area contributed by atoms with Crippen molar-refractivity contribution in [3.05, 3.63) is 82.1 Å². The molecule has 0 unspecified atom stereocenters. The molecule has 150 valence electrons. The maximum atomic E-state index is 11.2. The topological polar surface area (TPSA) is 80.7 Å². The first-order chi connectivity index (χ1) is 14.0. The Balaban J connectivity index is 1.68. The van der Waals surface area contributed by atoms with Crippen molar-refractivity contribution in [2.45, 2.75) is 20.1 Å². The summed E-state index contributed by atoms with van der Waals surface area (Å²) < 4.78 is 11.3. The quantitative estimate of drug-likeness (QED) is 0.510. The van der Waals surface area contributed by atoms with Crippen molar-refractivity contribution in [1.29, 1.82) is 0 Å². The Bertz CT molecular complexity index is 1010. The molecule has 1 aromatic heterocycles. The average molecular weight is 413 g/mol. The number of aromatic nitrogens is 1. The first-order valence-electron chi connectivity index (χ1n) is 8.94. The van der Waals surface area contributed by atoms with Crippen LogP contribution in [-0.2, 0) is 13.2 Å². The summed E-state index contributed by atoms with van der Waals surface area (Å²) >= 11 is 5.79. The number of carboxylic acids is 1. The number of pyridine rings is 1. The summed E-state index contributed by atoms with van der Waals surface area (Å²) in [5.74, 6) is 0.282. The number of nitrogens with one attached hydrogen (secondary N) is 1. The standard InChI is InChI=1S/C22H21ClN2O4/c1-14-3-6-17(22(26)27)10-18(14)24-11-15-4-7-19(20(9-15)28-2)29-13-16-5-8-21(23)25-12-16/h3-10,12,24H,11,13H2,1-2H3,(H,26,27). The van der Waals surface area contributed by atoms with E-state index < -0.39 is 5.97 Å². The highest BCUT2D eigenvalue weighted by Crippen LogP contribution is 2.29. The van der Waals surface area contributed by atoms with Gasteiger partial charge in [-0.05, 0) is 48.4 Å². The zero-order chi connectivity index (χ0) is 20.8. The van der Waals surface area contributed by atoms with Gasteiger partial charge in [-0.2, -0.15) is 0 Å². The van der Waals surface area contributed by atoms with E-state index in [-0.39, 0.29) is 5.56 Å².